The van der Waals surface area contributed by atoms with Gasteiger partial charge >= 0.3 is 0 Å². The van der Waals surface area contributed by atoms with E-state index in [2.05, 4.69) is 96.0 Å². The molecule has 3 aromatic carbocycles. The molecule has 0 unspecified atom stereocenters. The van der Waals surface area contributed by atoms with Crippen molar-refractivity contribution in [1.29, 1.82) is 0 Å². The predicted octanol–water partition coefficient (Wildman–Crippen LogP) is 2.92. The summed E-state index contributed by atoms with van der Waals surface area (Å²) < 4.78 is 0. The number of benzene rings is 3. The molecule has 0 spiro atoms. The molecule has 0 amide bonds. The molecule has 2 aromatic heterocycles. The van der Waals surface area contributed by atoms with E-state index < -0.39 is 8.07 Å². The Kier molecular flexibility index (Phi) is 5.21. The van der Waals surface area contributed by atoms with E-state index in [1.807, 2.05) is 24.4 Å². The van der Waals surface area contributed by atoms with Gasteiger partial charge in [0.15, 0.2) is 0 Å². The standard InChI is InChI=1S/C27H21N3Si/c1-4-12-22(13-5-1)31(23-14-6-2-7-15-23,24-16-8-3-9-17-24)27-26(29-20-21-30-27)25-18-10-11-19-28-25/h1-21H. The largest absolute Gasteiger partial charge is 0.261 e. The Bertz CT molecular complexity index is 1160. The van der Waals surface area contributed by atoms with Crippen molar-refractivity contribution in [1.82, 2.24) is 15.0 Å². The normalized spacial score (nSPS) is 11.2. The van der Waals surface area contributed by atoms with Gasteiger partial charge in [0.25, 0.3) is 0 Å². The van der Waals surface area contributed by atoms with Crippen LogP contribution in [0.5, 0.6) is 0 Å². The molecule has 5 rings (SSSR count). The fourth-order valence-electron chi connectivity index (χ4n) is 4.28. The van der Waals surface area contributed by atoms with Crippen LogP contribution in [0, 0.1) is 0 Å². The van der Waals surface area contributed by atoms with Gasteiger partial charge in [0.05, 0.1) is 11.0 Å². The second kappa shape index (κ2) is 8.46. The van der Waals surface area contributed by atoms with E-state index in [4.69, 9.17) is 9.97 Å². The Morgan fingerprint density at radius 3 is 1.39 bits per heavy atom. The van der Waals surface area contributed by atoms with Crippen LogP contribution in [0.3, 0.4) is 0 Å². The van der Waals surface area contributed by atoms with Gasteiger partial charge in [-0.3, -0.25) is 15.0 Å². The lowest BCUT2D eigenvalue weighted by molar-refractivity contribution is 1.20. The maximum absolute atomic E-state index is 5.02. The molecule has 0 N–H and O–H groups in total. The molecule has 148 valence electrons. The van der Waals surface area contributed by atoms with Gasteiger partial charge in [-0.15, -0.1) is 0 Å². The number of pyridine rings is 1. The average Bonchev–Trinajstić information content (AvgIpc) is 2.87. The fraction of sp³-hybridized carbons (Fsp3) is 0. The van der Waals surface area contributed by atoms with Gasteiger partial charge in [-0.25, -0.2) is 0 Å². The third-order valence-corrected chi connectivity index (χ3v) is 10.3. The van der Waals surface area contributed by atoms with Crippen LogP contribution in [-0.2, 0) is 0 Å². The highest BCUT2D eigenvalue weighted by Crippen LogP contribution is 2.16. The molecule has 31 heavy (non-hydrogen) atoms. The SMILES string of the molecule is c1ccc([Si](c2ccccc2)(c2ccccc2)c2nccnc2-c2ccccn2)cc1. The molecule has 0 saturated carbocycles. The van der Waals surface area contributed by atoms with Crippen LogP contribution in [-0.4, -0.2) is 23.0 Å². The number of hydrogen-bond donors (Lipinski definition) is 0. The maximum atomic E-state index is 5.02. The lowest BCUT2D eigenvalue weighted by Gasteiger charge is -2.34. The first kappa shape index (κ1) is 19.1. The van der Waals surface area contributed by atoms with Crippen molar-refractivity contribution < 1.29 is 0 Å². The Labute approximate surface area is 183 Å². The summed E-state index contributed by atoms with van der Waals surface area (Å²) >= 11 is 0. The summed E-state index contributed by atoms with van der Waals surface area (Å²) in [6, 6.07) is 38.1. The molecule has 0 radical (unpaired) electrons. The summed E-state index contributed by atoms with van der Waals surface area (Å²) in [4.78, 5) is 14.4. The van der Waals surface area contributed by atoms with Gasteiger partial charge < -0.3 is 0 Å². The van der Waals surface area contributed by atoms with Crippen molar-refractivity contribution in [3.05, 3.63) is 128 Å². The number of nitrogens with zero attached hydrogens (tertiary/aromatic N) is 3. The quantitative estimate of drug-likeness (QED) is 0.327. The minimum atomic E-state index is -2.74. The topological polar surface area (TPSA) is 38.7 Å². The second-order valence-electron chi connectivity index (χ2n) is 7.32. The molecule has 0 fully saturated rings. The lowest BCUT2D eigenvalue weighted by atomic mass is 10.3. The monoisotopic (exact) mass is 415 g/mol. The van der Waals surface area contributed by atoms with E-state index >= 15 is 0 Å². The zero-order chi connectivity index (χ0) is 20.9. The van der Waals surface area contributed by atoms with Gasteiger partial charge in [-0.2, -0.15) is 0 Å². The van der Waals surface area contributed by atoms with Crippen LogP contribution < -0.4 is 20.9 Å². The van der Waals surface area contributed by atoms with E-state index in [1.54, 1.807) is 12.4 Å². The van der Waals surface area contributed by atoms with Crippen LogP contribution >= 0.6 is 0 Å². The molecule has 0 aliphatic carbocycles. The van der Waals surface area contributed by atoms with Crippen LogP contribution in [0.15, 0.2) is 128 Å². The molecule has 0 saturated heterocycles. The molecule has 2 heterocycles. The van der Waals surface area contributed by atoms with Crippen molar-refractivity contribution in [2.75, 3.05) is 0 Å². The molecule has 0 aliphatic rings. The second-order valence-corrected chi connectivity index (χ2v) is 11.0. The highest BCUT2D eigenvalue weighted by atomic mass is 28.3. The van der Waals surface area contributed by atoms with E-state index in [9.17, 15) is 0 Å². The Hall–Kier alpha value is -3.89. The smallest absolute Gasteiger partial charge is 0.204 e. The minimum Gasteiger partial charge on any atom is -0.261 e. The van der Waals surface area contributed by atoms with Crippen molar-refractivity contribution in [3.63, 3.8) is 0 Å². The van der Waals surface area contributed by atoms with E-state index in [0.29, 0.717) is 0 Å². The summed E-state index contributed by atoms with van der Waals surface area (Å²) in [7, 11) is -2.74. The average molecular weight is 416 g/mol. The number of hydrogen-bond acceptors (Lipinski definition) is 3. The molecule has 0 bridgehead atoms. The van der Waals surface area contributed by atoms with Crippen molar-refractivity contribution in [2.24, 2.45) is 0 Å². The predicted molar refractivity (Wildman–Crippen MR) is 129 cm³/mol. The van der Waals surface area contributed by atoms with Gasteiger partial charge in [-0.05, 0) is 27.7 Å². The molecular formula is C27H21N3Si. The van der Waals surface area contributed by atoms with Crippen LogP contribution in [0.2, 0.25) is 0 Å². The molecule has 0 aliphatic heterocycles. The molecule has 5 aromatic rings. The van der Waals surface area contributed by atoms with Crippen LogP contribution in [0.4, 0.5) is 0 Å². The zero-order valence-corrected chi connectivity index (χ0v) is 18.0. The Morgan fingerprint density at radius 2 is 0.903 bits per heavy atom. The van der Waals surface area contributed by atoms with Gasteiger partial charge in [0.2, 0.25) is 8.07 Å². The number of aromatic nitrogens is 3. The first-order chi connectivity index (χ1) is 15.4. The minimum absolute atomic E-state index is 0.838. The van der Waals surface area contributed by atoms with Crippen molar-refractivity contribution in [2.45, 2.75) is 0 Å². The summed E-state index contributed by atoms with van der Waals surface area (Å²) in [5.41, 5.74) is 1.68. The molecule has 3 nitrogen and oxygen atoms in total. The molecular weight excluding hydrogens is 394 g/mol. The number of rotatable bonds is 5. The van der Waals surface area contributed by atoms with E-state index in [1.165, 1.54) is 15.6 Å². The van der Waals surface area contributed by atoms with Crippen molar-refractivity contribution in [3.8, 4) is 11.4 Å². The lowest BCUT2D eigenvalue weighted by Crippen LogP contribution is -2.76. The Balaban J connectivity index is 1.94. The summed E-state index contributed by atoms with van der Waals surface area (Å²) in [6.45, 7) is 0. The fourth-order valence-corrected chi connectivity index (χ4v) is 8.99. The highest BCUT2D eigenvalue weighted by Gasteiger charge is 2.45. The van der Waals surface area contributed by atoms with Gasteiger partial charge in [-0.1, -0.05) is 97.1 Å². The van der Waals surface area contributed by atoms with Crippen molar-refractivity contribution >= 4 is 29.0 Å². The third kappa shape index (κ3) is 3.37. The molecule has 4 heteroatoms. The first-order valence-electron chi connectivity index (χ1n) is 10.3. The van der Waals surface area contributed by atoms with Gasteiger partial charge in [0, 0.05) is 18.6 Å². The first-order valence-corrected chi connectivity index (χ1v) is 12.3. The summed E-state index contributed by atoms with van der Waals surface area (Å²) in [5.74, 6) is 0. The highest BCUT2D eigenvalue weighted by molar-refractivity contribution is 7.20. The summed E-state index contributed by atoms with van der Waals surface area (Å²) in [5, 5.41) is 4.80. The molecule has 0 atom stereocenters. The maximum Gasteiger partial charge on any atom is 0.204 e. The van der Waals surface area contributed by atoms with Crippen LogP contribution in [0.1, 0.15) is 0 Å². The van der Waals surface area contributed by atoms with E-state index in [0.717, 1.165) is 16.7 Å². The zero-order valence-electron chi connectivity index (χ0n) is 17.0. The summed E-state index contributed by atoms with van der Waals surface area (Å²) in [6.07, 6.45) is 5.37. The van der Waals surface area contributed by atoms with Gasteiger partial charge in [0.1, 0.15) is 5.69 Å². The third-order valence-electron chi connectivity index (χ3n) is 5.58. The van der Waals surface area contributed by atoms with Crippen LogP contribution in [0.25, 0.3) is 11.4 Å². The Morgan fingerprint density at radius 1 is 0.419 bits per heavy atom. The van der Waals surface area contributed by atoms with E-state index in [-0.39, 0.29) is 0 Å².